The number of nitrogens with zero attached hydrogens (tertiary/aromatic N) is 3. The van der Waals surface area contributed by atoms with E-state index >= 15 is 0 Å². The fourth-order valence-corrected chi connectivity index (χ4v) is 3.06. The van der Waals surface area contributed by atoms with Gasteiger partial charge in [0, 0.05) is 5.92 Å². The molecule has 1 fully saturated rings. The van der Waals surface area contributed by atoms with E-state index in [9.17, 15) is 14.7 Å². The number of aliphatic hydroxyl groups is 1. The smallest absolute Gasteiger partial charge is 0.308 e. The zero-order valence-electron chi connectivity index (χ0n) is 14.1. The number of anilines is 1. The molecule has 0 radical (unpaired) electrons. The number of imidazole rings is 1. The lowest BCUT2D eigenvalue weighted by atomic mass is 10.0. The molecule has 2 aromatic heterocycles. The van der Waals surface area contributed by atoms with E-state index in [1.807, 2.05) is 0 Å². The summed E-state index contributed by atoms with van der Waals surface area (Å²) in [6.07, 6.45) is 1.13. The van der Waals surface area contributed by atoms with E-state index < -0.39 is 11.7 Å². The van der Waals surface area contributed by atoms with Crippen molar-refractivity contribution in [1.29, 1.82) is 0 Å². The summed E-state index contributed by atoms with van der Waals surface area (Å²) in [6, 6.07) is -0.309. The number of fused-ring (bicyclic) bond motifs is 1. The third kappa shape index (κ3) is 3.02. The number of carbonyl (C=O) groups excluding carboxylic acids is 1. The first-order valence-corrected chi connectivity index (χ1v) is 8.05. The Hall–Kier alpha value is -2.68. The number of carbonyl (C=O) groups is 1. The number of H-pyrrole nitrogens is 1. The standard InChI is InChI=1S/C16H21N5O4/c1-7(2)15(24)25-5-9-8(3)10(4-11(9)22)21-6-18-12-13(21)19-16(17)20-14(12)23/h6-7,9-11,22H,3-5H2,1-2H3,(H3,17,19,20,23). The Labute approximate surface area is 143 Å². The van der Waals surface area contributed by atoms with Gasteiger partial charge in [0.2, 0.25) is 5.95 Å². The lowest BCUT2D eigenvalue weighted by Crippen LogP contribution is -2.23. The third-order valence-corrected chi connectivity index (χ3v) is 4.50. The topological polar surface area (TPSA) is 136 Å². The molecule has 0 aromatic carbocycles. The summed E-state index contributed by atoms with van der Waals surface area (Å²) in [5, 5.41) is 10.4. The van der Waals surface area contributed by atoms with Crippen molar-refractivity contribution in [2.75, 3.05) is 12.3 Å². The first-order valence-electron chi connectivity index (χ1n) is 8.05. The predicted octanol–water partition coefficient (Wildman–Crippen LogP) is 0.379. The number of hydrogen-bond donors (Lipinski definition) is 3. The molecule has 9 nitrogen and oxygen atoms in total. The molecule has 1 aliphatic rings. The highest BCUT2D eigenvalue weighted by atomic mass is 16.5. The Balaban J connectivity index is 1.86. The first kappa shape index (κ1) is 17.2. The molecule has 3 atom stereocenters. The second kappa shape index (κ2) is 6.32. The average molecular weight is 347 g/mol. The Morgan fingerprint density at radius 1 is 1.60 bits per heavy atom. The van der Waals surface area contributed by atoms with Crippen LogP contribution in [0.15, 0.2) is 23.3 Å². The molecule has 0 aliphatic heterocycles. The minimum Gasteiger partial charge on any atom is -0.465 e. The molecule has 0 bridgehead atoms. The van der Waals surface area contributed by atoms with E-state index in [0.717, 1.165) is 0 Å². The van der Waals surface area contributed by atoms with E-state index in [4.69, 9.17) is 10.5 Å². The second-order valence-electron chi connectivity index (χ2n) is 6.56. The number of esters is 1. The Morgan fingerprint density at radius 2 is 2.32 bits per heavy atom. The van der Waals surface area contributed by atoms with Gasteiger partial charge in [-0.25, -0.2) is 4.98 Å². The van der Waals surface area contributed by atoms with Crippen LogP contribution in [0.5, 0.6) is 0 Å². The molecule has 3 unspecified atom stereocenters. The number of aliphatic hydroxyl groups excluding tert-OH is 1. The Kier molecular flexibility index (Phi) is 4.34. The summed E-state index contributed by atoms with van der Waals surface area (Å²) in [6.45, 7) is 7.61. The monoisotopic (exact) mass is 347 g/mol. The van der Waals surface area contributed by atoms with Gasteiger partial charge in [-0.05, 0) is 12.0 Å². The predicted molar refractivity (Wildman–Crippen MR) is 90.6 cm³/mol. The Morgan fingerprint density at radius 3 is 3.00 bits per heavy atom. The number of hydrogen-bond acceptors (Lipinski definition) is 7. The molecule has 1 aliphatic carbocycles. The lowest BCUT2D eigenvalue weighted by molar-refractivity contribution is -0.149. The molecule has 1 saturated carbocycles. The highest BCUT2D eigenvalue weighted by Crippen LogP contribution is 2.40. The minimum absolute atomic E-state index is 0.00850. The van der Waals surface area contributed by atoms with Crippen molar-refractivity contribution >= 4 is 23.1 Å². The number of nitrogen functional groups attached to an aromatic ring is 1. The summed E-state index contributed by atoms with van der Waals surface area (Å²) in [4.78, 5) is 34.2. The number of ether oxygens (including phenoxy) is 1. The number of aromatic amines is 1. The zero-order valence-corrected chi connectivity index (χ0v) is 14.1. The number of nitrogens with one attached hydrogen (secondary N) is 1. The summed E-state index contributed by atoms with van der Waals surface area (Å²) >= 11 is 0. The van der Waals surface area contributed by atoms with Gasteiger partial charge >= 0.3 is 5.97 Å². The summed E-state index contributed by atoms with van der Waals surface area (Å²) in [5.74, 6) is -0.952. The van der Waals surface area contributed by atoms with Gasteiger partial charge < -0.3 is 20.1 Å². The van der Waals surface area contributed by atoms with Crippen LogP contribution in [0.3, 0.4) is 0 Å². The maximum Gasteiger partial charge on any atom is 0.308 e. The van der Waals surface area contributed by atoms with Gasteiger partial charge in [-0.3, -0.25) is 14.6 Å². The highest BCUT2D eigenvalue weighted by Gasteiger charge is 2.39. The van der Waals surface area contributed by atoms with Crippen molar-refractivity contribution < 1.29 is 14.6 Å². The Bertz CT molecular complexity index is 884. The molecule has 0 amide bonds. The normalized spacial score (nSPS) is 23.5. The largest absolute Gasteiger partial charge is 0.465 e. The van der Waals surface area contributed by atoms with Gasteiger partial charge in [-0.1, -0.05) is 20.4 Å². The van der Waals surface area contributed by atoms with Crippen molar-refractivity contribution in [2.24, 2.45) is 11.8 Å². The SMILES string of the molecule is C=C1C(COC(=O)C(C)C)C(O)CC1n1cnc2c(=O)[nH]c(N)nc21. The van der Waals surface area contributed by atoms with E-state index in [-0.39, 0.29) is 41.9 Å². The minimum atomic E-state index is -0.714. The van der Waals surface area contributed by atoms with Crippen molar-refractivity contribution in [3.63, 3.8) is 0 Å². The number of rotatable bonds is 4. The molecule has 2 aromatic rings. The summed E-state index contributed by atoms with van der Waals surface area (Å²) in [5.41, 5.74) is 6.39. The first-order chi connectivity index (χ1) is 11.8. The maximum absolute atomic E-state index is 11.9. The lowest BCUT2D eigenvalue weighted by Gasteiger charge is -2.18. The maximum atomic E-state index is 11.9. The van der Waals surface area contributed by atoms with E-state index in [1.165, 1.54) is 6.33 Å². The van der Waals surface area contributed by atoms with E-state index in [2.05, 4.69) is 21.5 Å². The summed E-state index contributed by atoms with van der Waals surface area (Å²) < 4.78 is 6.92. The van der Waals surface area contributed by atoms with Gasteiger partial charge in [-0.15, -0.1) is 0 Å². The van der Waals surface area contributed by atoms with Crippen molar-refractivity contribution in [3.05, 3.63) is 28.8 Å². The zero-order chi connectivity index (χ0) is 18.3. The van der Waals surface area contributed by atoms with Crippen LogP contribution in [0, 0.1) is 11.8 Å². The van der Waals surface area contributed by atoms with Gasteiger partial charge in [0.05, 0.1) is 24.4 Å². The molecule has 4 N–H and O–H groups in total. The van der Waals surface area contributed by atoms with Crippen molar-refractivity contribution in [1.82, 2.24) is 19.5 Å². The molecular weight excluding hydrogens is 326 g/mol. The van der Waals surface area contributed by atoms with Crippen molar-refractivity contribution in [2.45, 2.75) is 32.4 Å². The van der Waals surface area contributed by atoms with Gasteiger partial charge in [0.25, 0.3) is 5.56 Å². The molecule has 134 valence electrons. The van der Waals surface area contributed by atoms with Crippen LogP contribution in [-0.4, -0.2) is 43.3 Å². The molecule has 0 saturated heterocycles. The number of nitrogens with two attached hydrogens (primary N) is 1. The van der Waals surface area contributed by atoms with Crippen LogP contribution in [0.1, 0.15) is 26.3 Å². The van der Waals surface area contributed by atoms with E-state index in [1.54, 1.807) is 18.4 Å². The van der Waals surface area contributed by atoms with Crippen LogP contribution in [0.25, 0.3) is 11.2 Å². The molecule has 3 rings (SSSR count). The van der Waals surface area contributed by atoms with Crippen LogP contribution < -0.4 is 11.3 Å². The molecule has 2 heterocycles. The van der Waals surface area contributed by atoms with Crippen LogP contribution in [0.2, 0.25) is 0 Å². The van der Waals surface area contributed by atoms with E-state index in [0.29, 0.717) is 17.6 Å². The van der Waals surface area contributed by atoms with Crippen LogP contribution in [0.4, 0.5) is 5.95 Å². The third-order valence-electron chi connectivity index (χ3n) is 4.50. The van der Waals surface area contributed by atoms with Gasteiger partial charge in [-0.2, -0.15) is 4.98 Å². The molecular formula is C16H21N5O4. The fraction of sp³-hybridized carbons (Fsp3) is 0.500. The average Bonchev–Trinajstić information content (AvgIpc) is 3.06. The van der Waals surface area contributed by atoms with Crippen LogP contribution in [-0.2, 0) is 9.53 Å². The molecule has 9 heteroatoms. The quantitative estimate of drug-likeness (QED) is 0.537. The van der Waals surface area contributed by atoms with Crippen molar-refractivity contribution in [3.8, 4) is 0 Å². The second-order valence-corrected chi connectivity index (χ2v) is 6.56. The highest BCUT2D eigenvalue weighted by molar-refractivity contribution is 5.72. The fourth-order valence-electron chi connectivity index (χ4n) is 3.06. The van der Waals surface area contributed by atoms with Crippen LogP contribution >= 0.6 is 0 Å². The molecule has 25 heavy (non-hydrogen) atoms. The molecule has 0 spiro atoms. The van der Waals surface area contributed by atoms with Gasteiger partial charge in [0.1, 0.15) is 6.61 Å². The summed E-state index contributed by atoms with van der Waals surface area (Å²) in [7, 11) is 0. The number of aromatic nitrogens is 4. The van der Waals surface area contributed by atoms with Gasteiger partial charge in [0.15, 0.2) is 11.2 Å².